The summed E-state index contributed by atoms with van der Waals surface area (Å²) in [6.45, 7) is 6.14. The van der Waals surface area contributed by atoms with E-state index in [1.54, 1.807) is 0 Å². The molecule has 2 nitrogen and oxygen atoms in total. The molecular formula is C21H42N2. The van der Waals surface area contributed by atoms with Gasteiger partial charge in [-0.05, 0) is 13.3 Å². The van der Waals surface area contributed by atoms with Crippen LogP contribution in [0.4, 0.5) is 0 Å². The standard InChI is InChI=1S/C21H42N2/c1-3-5-6-7-8-9-10-11-12-13-14-15-16-17-18-19-20-23(4-2)21-22/h3-20H2,1-2H3. The molecule has 0 unspecified atom stereocenters. The van der Waals surface area contributed by atoms with Crippen molar-refractivity contribution >= 4 is 0 Å². The topological polar surface area (TPSA) is 27.0 Å². The second-order valence-electron chi connectivity index (χ2n) is 6.98. The van der Waals surface area contributed by atoms with Gasteiger partial charge in [-0.15, -0.1) is 0 Å². The van der Waals surface area contributed by atoms with Crippen molar-refractivity contribution in [3.8, 4) is 6.19 Å². The first-order valence-electron chi connectivity index (χ1n) is 10.5. The summed E-state index contributed by atoms with van der Waals surface area (Å²) in [5.41, 5.74) is 0. The molecular weight excluding hydrogens is 280 g/mol. The third-order valence-electron chi connectivity index (χ3n) is 4.80. The molecule has 0 aromatic carbocycles. The number of nitriles is 1. The van der Waals surface area contributed by atoms with Crippen LogP contribution in [0.15, 0.2) is 0 Å². The quantitative estimate of drug-likeness (QED) is 0.153. The molecule has 0 aromatic rings. The van der Waals surface area contributed by atoms with E-state index in [9.17, 15) is 0 Å². The minimum absolute atomic E-state index is 0.856. The molecule has 0 fully saturated rings. The lowest BCUT2D eigenvalue weighted by atomic mass is 10.0. The Morgan fingerprint density at radius 3 is 1.22 bits per heavy atom. The highest BCUT2D eigenvalue weighted by molar-refractivity contribution is 4.71. The number of nitrogens with zero attached hydrogens (tertiary/aromatic N) is 2. The van der Waals surface area contributed by atoms with E-state index >= 15 is 0 Å². The van der Waals surface area contributed by atoms with Crippen LogP contribution in [-0.2, 0) is 0 Å². The van der Waals surface area contributed by atoms with Gasteiger partial charge in [0.2, 0.25) is 0 Å². The Hall–Kier alpha value is -0.710. The average Bonchev–Trinajstić information content (AvgIpc) is 2.58. The molecule has 136 valence electrons. The molecule has 0 saturated carbocycles. The zero-order valence-electron chi connectivity index (χ0n) is 16.1. The van der Waals surface area contributed by atoms with Crippen LogP contribution in [-0.4, -0.2) is 18.0 Å². The van der Waals surface area contributed by atoms with Gasteiger partial charge in [-0.2, -0.15) is 5.26 Å². The van der Waals surface area contributed by atoms with Crippen LogP contribution in [0.3, 0.4) is 0 Å². The summed E-state index contributed by atoms with van der Waals surface area (Å²) in [6.07, 6.45) is 24.7. The van der Waals surface area contributed by atoms with Gasteiger partial charge in [-0.1, -0.05) is 103 Å². The first-order valence-corrected chi connectivity index (χ1v) is 10.5. The lowest BCUT2D eigenvalue weighted by Gasteiger charge is -2.11. The fourth-order valence-corrected chi connectivity index (χ4v) is 3.13. The van der Waals surface area contributed by atoms with Crippen molar-refractivity contribution in [2.45, 2.75) is 117 Å². The van der Waals surface area contributed by atoms with Crippen molar-refractivity contribution in [1.82, 2.24) is 4.90 Å². The van der Waals surface area contributed by atoms with E-state index in [0.717, 1.165) is 13.1 Å². The molecule has 0 aliphatic rings. The van der Waals surface area contributed by atoms with Crippen LogP contribution in [0.25, 0.3) is 0 Å². The predicted molar refractivity (Wildman–Crippen MR) is 102 cm³/mol. The van der Waals surface area contributed by atoms with E-state index in [0.29, 0.717) is 0 Å². The fraction of sp³-hybridized carbons (Fsp3) is 0.952. The van der Waals surface area contributed by atoms with E-state index < -0.39 is 0 Å². The van der Waals surface area contributed by atoms with Crippen molar-refractivity contribution in [3.63, 3.8) is 0 Å². The minimum Gasteiger partial charge on any atom is -0.311 e. The molecule has 23 heavy (non-hydrogen) atoms. The van der Waals surface area contributed by atoms with E-state index in [4.69, 9.17) is 5.26 Å². The van der Waals surface area contributed by atoms with Crippen molar-refractivity contribution in [2.24, 2.45) is 0 Å². The minimum atomic E-state index is 0.856. The van der Waals surface area contributed by atoms with Crippen molar-refractivity contribution in [1.29, 1.82) is 5.26 Å². The maximum absolute atomic E-state index is 8.83. The summed E-state index contributed by atoms with van der Waals surface area (Å²) in [7, 11) is 0. The molecule has 0 amide bonds. The molecule has 0 heterocycles. The maximum Gasteiger partial charge on any atom is 0.179 e. The molecule has 0 spiro atoms. The average molecular weight is 323 g/mol. The highest BCUT2D eigenvalue weighted by atomic mass is 15.1. The van der Waals surface area contributed by atoms with Gasteiger partial charge in [-0.3, -0.25) is 0 Å². The number of rotatable bonds is 18. The first-order chi connectivity index (χ1) is 11.3. The van der Waals surface area contributed by atoms with Crippen LogP contribution < -0.4 is 0 Å². The van der Waals surface area contributed by atoms with Gasteiger partial charge in [-0.25, -0.2) is 0 Å². The summed E-state index contributed by atoms with van der Waals surface area (Å²) in [5, 5.41) is 8.83. The zero-order chi connectivity index (χ0) is 17.0. The highest BCUT2D eigenvalue weighted by Gasteiger charge is 1.98. The van der Waals surface area contributed by atoms with Gasteiger partial charge >= 0.3 is 0 Å². The Morgan fingerprint density at radius 2 is 0.913 bits per heavy atom. The highest BCUT2D eigenvalue weighted by Crippen LogP contribution is 2.13. The molecule has 0 N–H and O–H groups in total. The first kappa shape index (κ1) is 22.3. The van der Waals surface area contributed by atoms with Crippen molar-refractivity contribution in [3.05, 3.63) is 0 Å². The Labute approximate surface area is 146 Å². The zero-order valence-corrected chi connectivity index (χ0v) is 16.1. The summed E-state index contributed by atoms with van der Waals surface area (Å²) < 4.78 is 0. The van der Waals surface area contributed by atoms with E-state index in [1.807, 2.05) is 4.90 Å². The summed E-state index contributed by atoms with van der Waals surface area (Å²) in [6, 6.07) is 0. The lowest BCUT2D eigenvalue weighted by molar-refractivity contribution is 0.393. The molecule has 0 rings (SSSR count). The molecule has 2 heteroatoms. The molecule has 0 aromatic heterocycles. The number of hydrogen-bond donors (Lipinski definition) is 0. The molecule has 0 aliphatic heterocycles. The maximum atomic E-state index is 8.83. The monoisotopic (exact) mass is 322 g/mol. The molecule has 0 aliphatic carbocycles. The Bertz CT molecular complexity index is 257. The predicted octanol–water partition coefficient (Wildman–Crippen LogP) is 7.05. The fourth-order valence-electron chi connectivity index (χ4n) is 3.13. The SMILES string of the molecule is CCCCCCCCCCCCCCCCCCN(C#N)CC. The van der Waals surface area contributed by atoms with E-state index in [1.165, 1.54) is 103 Å². The molecule has 0 radical (unpaired) electrons. The Balaban J connectivity index is 3.04. The van der Waals surface area contributed by atoms with Gasteiger partial charge < -0.3 is 4.90 Å². The van der Waals surface area contributed by atoms with E-state index in [-0.39, 0.29) is 0 Å². The van der Waals surface area contributed by atoms with Gasteiger partial charge in [0.05, 0.1) is 0 Å². The Morgan fingerprint density at radius 1 is 0.565 bits per heavy atom. The van der Waals surface area contributed by atoms with Crippen LogP contribution >= 0.6 is 0 Å². The summed E-state index contributed by atoms with van der Waals surface area (Å²) in [5.74, 6) is 0. The lowest BCUT2D eigenvalue weighted by Crippen LogP contribution is -2.17. The number of unbranched alkanes of at least 4 members (excludes halogenated alkanes) is 15. The number of hydrogen-bond acceptors (Lipinski definition) is 2. The summed E-state index contributed by atoms with van der Waals surface area (Å²) >= 11 is 0. The van der Waals surface area contributed by atoms with Crippen LogP contribution in [0.5, 0.6) is 0 Å². The van der Waals surface area contributed by atoms with Crippen LogP contribution in [0, 0.1) is 11.5 Å². The summed E-state index contributed by atoms with van der Waals surface area (Å²) in [4.78, 5) is 1.85. The van der Waals surface area contributed by atoms with Crippen molar-refractivity contribution < 1.29 is 0 Å². The van der Waals surface area contributed by atoms with Gasteiger partial charge in [0, 0.05) is 13.1 Å². The van der Waals surface area contributed by atoms with Crippen molar-refractivity contribution in [2.75, 3.05) is 13.1 Å². The van der Waals surface area contributed by atoms with Crippen LogP contribution in [0.2, 0.25) is 0 Å². The third kappa shape index (κ3) is 17.5. The van der Waals surface area contributed by atoms with E-state index in [2.05, 4.69) is 20.0 Å². The molecule has 0 bridgehead atoms. The van der Waals surface area contributed by atoms with Gasteiger partial charge in [0.25, 0.3) is 0 Å². The second kappa shape index (κ2) is 19.3. The van der Waals surface area contributed by atoms with Gasteiger partial charge in [0.15, 0.2) is 6.19 Å². The smallest absolute Gasteiger partial charge is 0.179 e. The Kier molecular flexibility index (Phi) is 18.7. The largest absolute Gasteiger partial charge is 0.311 e. The second-order valence-corrected chi connectivity index (χ2v) is 6.98. The van der Waals surface area contributed by atoms with Gasteiger partial charge in [0.1, 0.15) is 0 Å². The molecule has 0 atom stereocenters. The molecule has 0 saturated heterocycles. The third-order valence-corrected chi connectivity index (χ3v) is 4.80. The normalized spacial score (nSPS) is 10.7. The van der Waals surface area contributed by atoms with Crippen LogP contribution in [0.1, 0.15) is 117 Å².